The zero-order chi connectivity index (χ0) is 17.6. The van der Waals surface area contributed by atoms with Crippen molar-refractivity contribution in [3.05, 3.63) is 47.5 Å². The first-order chi connectivity index (χ1) is 12.1. The maximum absolute atomic E-state index is 13.2. The third-order valence-electron chi connectivity index (χ3n) is 4.56. The van der Waals surface area contributed by atoms with E-state index in [1.807, 2.05) is 29.7 Å². The van der Waals surface area contributed by atoms with Crippen molar-refractivity contribution in [2.75, 3.05) is 13.7 Å². The molecule has 0 bridgehead atoms. The summed E-state index contributed by atoms with van der Waals surface area (Å²) in [5.41, 5.74) is 2.30. The third kappa shape index (κ3) is 2.68. The summed E-state index contributed by atoms with van der Waals surface area (Å²) < 4.78 is 12.6. The van der Waals surface area contributed by atoms with Crippen LogP contribution < -0.4 is 0 Å². The van der Waals surface area contributed by atoms with Crippen molar-refractivity contribution in [3.8, 4) is 0 Å². The first kappa shape index (κ1) is 15.8. The van der Waals surface area contributed by atoms with E-state index in [1.165, 1.54) is 0 Å². The van der Waals surface area contributed by atoms with Crippen LogP contribution in [0.2, 0.25) is 0 Å². The summed E-state index contributed by atoms with van der Waals surface area (Å²) in [6.07, 6.45) is 4.07. The molecular weight excluding hydrogens is 322 g/mol. The summed E-state index contributed by atoms with van der Waals surface area (Å²) in [4.78, 5) is 23.6. The van der Waals surface area contributed by atoms with Crippen LogP contribution in [0.25, 0.3) is 5.65 Å². The molecule has 130 valence electrons. The van der Waals surface area contributed by atoms with Gasteiger partial charge >= 0.3 is 0 Å². The monoisotopic (exact) mass is 341 g/mol. The van der Waals surface area contributed by atoms with E-state index in [1.54, 1.807) is 25.1 Å². The Morgan fingerprint density at radius 1 is 1.36 bits per heavy atom. The molecule has 1 aliphatic heterocycles. The number of carbonyl (C=O) groups excluding carboxylic acids is 1. The van der Waals surface area contributed by atoms with Gasteiger partial charge in [-0.05, 0) is 25.5 Å². The Bertz CT molecular complexity index is 931. The molecule has 3 aromatic rings. The van der Waals surface area contributed by atoms with Gasteiger partial charge in [0.25, 0.3) is 5.91 Å². The van der Waals surface area contributed by atoms with Gasteiger partial charge in [-0.3, -0.25) is 9.20 Å². The number of fused-ring (bicyclic) bond motifs is 1. The van der Waals surface area contributed by atoms with E-state index in [9.17, 15) is 4.79 Å². The van der Waals surface area contributed by atoms with E-state index in [4.69, 9.17) is 9.26 Å². The molecule has 8 nitrogen and oxygen atoms in total. The van der Waals surface area contributed by atoms with Gasteiger partial charge in [0.2, 0.25) is 5.89 Å². The van der Waals surface area contributed by atoms with E-state index < -0.39 is 0 Å². The summed E-state index contributed by atoms with van der Waals surface area (Å²) in [5.74, 6) is 0.864. The molecule has 0 aromatic carbocycles. The third-order valence-corrected chi connectivity index (χ3v) is 4.56. The van der Waals surface area contributed by atoms with Crippen LogP contribution in [0.3, 0.4) is 0 Å². The highest BCUT2D eigenvalue weighted by molar-refractivity contribution is 5.93. The summed E-state index contributed by atoms with van der Waals surface area (Å²) in [6, 6.07) is 3.57. The second-order valence-electron chi connectivity index (χ2n) is 6.32. The molecule has 0 saturated carbocycles. The van der Waals surface area contributed by atoms with Gasteiger partial charge in [0.1, 0.15) is 17.4 Å². The van der Waals surface area contributed by atoms with Gasteiger partial charge in [-0.1, -0.05) is 11.2 Å². The van der Waals surface area contributed by atoms with Gasteiger partial charge in [0, 0.05) is 26.3 Å². The lowest BCUT2D eigenvalue weighted by Crippen LogP contribution is -2.33. The first-order valence-corrected chi connectivity index (χ1v) is 8.14. The molecular formula is C17H19N5O3. The van der Waals surface area contributed by atoms with Crippen molar-refractivity contribution in [2.45, 2.75) is 32.4 Å². The fraction of sp³-hybridized carbons (Fsp3) is 0.412. The molecule has 4 rings (SSSR count). The average molecular weight is 341 g/mol. The van der Waals surface area contributed by atoms with Crippen LogP contribution in [0.5, 0.6) is 0 Å². The Balaban J connectivity index is 1.72. The molecule has 0 radical (unpaired) electrons. The fourth-order valence-corrected chi connectivity index (χ4v) is 3.27. The number of likely N-dealkylation sites (tertiary alicyclic amines) is 1. The van der Waals surface area contributed by atoms with Gasteiger partial charge in [-0.25, -0.2) is 4.98 Å². The van der Waals surface area contributed by atoms with Crippen LogP contribution in [0.4, 0.5) is 0 Å². The van der Waals surface area contributed by atoms with Crippen LogP contribution in [-0.4, -0.2) is 50.1 Å². The van der Waals surface area contributed by atoms with Gasteiger partial charge in [-0.2, -0.15) is 4.98 Å². The minimum absolute atomic E-state index is 0.0675. The van der Waals surface area contributed by atoms with E-state index in [-0.39, 0.29) is 18.1 Å². The number of aromatic nitrogens is 4. The van der Waals surface area contributed by atoms with Crippen LogP contribution >= 0.6 is 0 Å². The average Bonchev–Trinajstić information content (AvgIpc) is 3.31. The number of hydrogen-bond acceptors (Lipinski definition) is 6. The SMILES string of the molecule is CO[C@@H]1C[C@H](c2nc(C)no2)N(C(=O)c2cnc3ccc(C)cn23)C1. The standard InChI is InChI=1S/C17H19N5O3/c1-10-4-5-15-18-7-14(21(15)8-10)17(23)22-9-12(24-3)6-13(22)16-19-11(2)20-25-16/h4-5,7-8,12-13H,6,9H2,1-3H3/t12-,13-/m1/s1. The van der Waals surface area contributed by atoms with Crippen molar-refractivity contribution >= 4 is 11.6 Å². The summed E-state index contributed by atoms with van der Waals surface area (Å²) >= 11 is 0. The van der Waals surface area contributed by atoms with Crippen LogP contribution in [-0.2, 0) is 4.74 Å². The Hall–Kier alpha value is -2.74. The molecule has 0 aliphatic carbocycles. The zero-order valence-electron chi connectivity index (χ0n) is 14.3. The molecule has 8 heteroatoms. The highest BCUT2D eigenvalue weighted by Gasteiger charge is 2.40. The minimum Gasteiger partial charge on any atom is -0.380 e. The highest BCUT2D eigenvalue weighted by Crippen LogP contribution is 2.33. The summed E-state index contributed by atoms with van der Waals surface area (Å²) in [7, 11) is 1.65. The van der Waals surface area contributed by atoms with E-state index in [0.717, 1.165) is 11.2 Å². The minimum atomic E-state index is -0.297. The molecule has 1 amide bonds. The predicted molar refractivity (Wildman–Crippen MR) is 88.2 cm³/mol. The number of amides is 1. The predicted octanol–water partition coefficient (Wildman–Crippen LogP) is 1.94. The van der Waals surface area contributed by atoms with Crippen molar-refractivity contribution in [1.82, 2.24) is 24.4 Å². The molecule has 1 fully saturated rings. The molecule has 25 heavy (non-hydrogen) atoms. The van der Waals surface area contributed by atoms with Gasteiger partial charge in [0.05, 0.1) is 12.3 Å². The smallest absolute Gasteiger partial charge is 0.273 e. The number of pyridine rings is 1. The van der Waals surface area contributed by atoms with Gasteiger partial charge < -0.3 is 14.2 Å². The second kappa shape index (κ2) is 5.96. The Morgan fingerprint density at radius 3 is 2.92 bits per heavy atom. The zero-order valence-corrected chi connectivity index (χ0v) is 14.3. The molecule has 0 unspecified atom stereocenters. The molecule has 1 aliphatic rings. The Labute approximate surface area is 144 Å². The van der Waals surface area contributed by atoms with Crippen LogP contribution in [0, 0.1) is 13.8 Å². The van der Waals surface area contributed by atoms with Gasteiger partial charge in [-0.15, -0.1) is 0 Å². The number of carbonyl (C=O) groups is 1. The molecule has 2 atom stereocenters. The normalized spacial score (nSPS) is 20.5. The van der Waals surface area contributed by atoms with Crippen molar-refractivity contribution < 1.29 is 14.1 Å². The first-order valence-electron chi connectivity index (χ1n) is 8.14. The fourth-order valence-electron chi connectivity index (χ4n) is 3.27. The molecule has 1 saturated heterocycles. The topological polar surface area (TPSA) is 85.8 Å². The van der Waals surface area contributed by atoms with E-state index in [2.05, 4.69) is 15.1 Å². The number of imidazole rings is 1. The quantitative estimate of drug-likeness (QED) is 0.724. The Morgan fingerprint density at radius 2 is 2.20 bits per heavy atom. The number of hydrogen-bond donors (Lipinski definition) is 0. The lowest BCUT2D eigenvalue weighted by Gasteiger charge is -2.21. The van der Waals surface area contributed by atoms with E-state index in [0.29, 0.717) is 30.4 Å². The second-order valence-corrected chi connectivity index (χ2v) is 6.32. The van der Waals surface area contributed by atoms with Crippen molar-refractivity contribution in [3.63, 3.8) is 0 Å². The van der Waals surface area contributed by atoms with E-state index >= 15 is 0 Å². The molecule has 0 N–H and O–H groups in total. The lowest BCUT2D eigenvalue weighted by atomic mass is 10.2. The molecule has 4 heterocycles. The van der Waals surface area contributed by atoms with Crippen LogP contribution in [0.1, 0.15) is 40.2 Å². The lowest BCUT2D eigenvalue weighted by molar-refractivity contribution is 0.0664. The number of nitrogens with zero attached hydrogens (tertiary/aromatic N) is 5. The number of rotatable bonds is 3. The van der Waals surface area contributed by atoms with Crippen molar-refractivity contribution in [1.29, 1.82) is 0 Å². The van der Waals surface area contributed by atoms with Crippen molar-refractivity contribution in [2.24, 2.45) is 0 Å². The Kier molecular flexibility index (Phi) is 3.76. The largest absolute Gasteiger partial charge is 0.380 e. The van der Waals surface area contributed by atoms with Gasteiger partial charge in [0.15, 0.2) is 5.82 Å². The maximum Gasteiger partial charge on any atom is 0.273 e. The van der Waals surface area contributed by atoms with Crippen LogP contribution in [0.15, 0.2) is 29.0 Å². The number of aryl methyl sites for hydroxylation is 2. The maximum atomic E-state index is 13.2. The molecule has 0 spiro atoms. The number of methoxy groups -OCH3 is 1. The molecule has 3 aromatic heterocycles. The highest BCUT2D eigenvalue weighted by atomic mass is 16.5. The number of ether oxygens (including phenoxy) is 1. The summed E-state index contributed by atoms with van der Waals surface area (Å²) in [6.45, 7) is 4.21. The summed E-state index contributed by atoms with van der Waals surface area (Å²) in [5, 5.41) is 3.85.